The highest BCUT2D eigenvalue weighted by Gasteiger charge is 2.16. The summed E-state index contributed by atoms with van der Waals surface area (Å²) in [5.74, 6) is 0.423. The smallest absolute Gasteiger partial charge is 0.0383 e. The van der Waals surface area contributed by atoms with Gasteiger partial charge in [-0.05, 0) is 35.4 Å². The Bertz CT molecular complexity index is 793. The van der Waals surface area contributed by atoms with Gasteiger partial charge < -0.3 is 5.32 Å². The zero-order valence-electron chi connectivity index (χ0n) is 16.1. The molecule has 0 fully saturated rings. The van der Waals surface area contributed by atoms with Crippen molar-refractivity contribution in [3.8, 4) is 0 Å². The highest BCUT2D eigenvalue weighted by atomic mass is 14.9. The Labute approximate surface area is 163 Å². The fourth-order valence-corrected chi connectivity index (χ4v) is 3.41. The zero-order chi connectivity index (χ0) is 18.7. The summed E-state index contributed by atoms with van der Waals surface area (Å²) in [6.45, 7) is 3.18. The van der Waals surface area contributed by atoms with Crippen LogP contribution in [0, 0.1) is 5.92 Å². The molecule has 1 heteroatoms. The number of benzene rings is 3. The molecule has 27 heavy (non-hydrogen) atoms. The van der Waals surface area contributed by atoms with Crippen LogP contribution < -0.4 is 5.32 Å². The second-order valence-electron chi connectivity index (χ2n) is 7.07. The molecule has 0 unspecified atom stereocenters. The first-order valence-electron chi connectivity index (χ1n) is 9.86. The molecule has 0 heterocycles. The van der Waals surface area contributed by atoms with Crippen molar-refractivity contribution >= 4 is 0 Å². The molecule has 2 atom stereocenters. The van der Waals surface area contributed by atoms with Gasteiger partial charge in [-0.25, -0.2) is 0 Å². The first kappa shape index (κ1) is 19.1. The van der Waals surface area contributed by atoms with Crippen molar-refractivity contribution in [3.63, 3.8) is 0 Å². The van der Waals surface area contributed by atoms with Gasteiger partial charge in [-0.2, -0.15) is 0 Å². The summed E-state index contributed by atoms with van der Waals surface area (Å²) < 4.78 is 0. The minimum Gasteiger partial charge on any atom is -0.305 e. The van der Waals surface area contributed by atoms with Gasteiger partial charge in [-0.15, -0.1) is 0 Å². The highest BCUT2D eigenvalue weighted by molar-refractivity contribution is 5.22. The van der Waals surface area contributed by atoms with Crippen molar-refractivity contribution in [3.05, 3.63) is 120 Å². The van der Waals surface area contributed by atoms with E-state index < -0.39 is 0 Å². The molecule has 1 nitrogen and oxygen atoms in total. The predicted molar refractivity (Wildman–Crippen MR) is 116 cm³/mol. The molecule has 0 aliphatic heterocycles. The second-order valence-corrected chi connectivity index (χ2v) is 7.07. The number of allylic oxidation sites excluding steroid dienone is 1. The highest BCUT2D eigenvalue weighted by Crippen LogP contribution is 2.24. The lowest BCUT2D eigenvalue weighted by Crippen LogP contribution is -2.25. The number of rotatable bonds is 9. The third-order valence-electron chi connectivity index (χ3n) is 4.94. The van der Waals surface area contributed by atoms with Gasteiger partial charge in [0.05, 0.1) is 0 Å². The Morgan fingerprint density at radius 1 is 0.741 bits per heavy atom. The molecule has 3 aromatic rings. The van der Waals surface area contributed by atoms with Gasteiger partial charge in [-0.1, -0.05) is 110 Å². The molecule has 0 bridgehead atoms. The normalized spacial score (nSPS) is 13.5. The molecule has 0 aliphatic carbocycles. The number of nitrogens with one attached hydrogen (secondary N) is 1. The van der Waals surface area contributed by atoms with E-state index >= 15 is 0 Å². The first-order valence-corrected chi connectivity index (χ1v) is 9.86. The van der Waals surface area contributed by atoms with E-state index in [2.05, 4.69) is 115 Å². The van der Waals surface area contributed by atoms with Gasteiger partial charge in [0.2, 0.25) is 0 Å². The van der Waals surface area contributed by atoms with Crippen molar-refractivity contribution in [1.82, 2.24) is 5.32 Å². The molecule has 3 rings (SSSR count). The number of hydrogen-bond donors (Lipinski definition) is 1. The summed E-state index contributed by atoms with van der Waals surface area (Å²) in [5, 5.41) is 3.76. The molecule has 0 saturated heterocycles. The van der Waals surface area contributed by atoms with Crippen LogP contribution in [0.1, 0.15) is 36.1 Å². The van der Waals surface area contributed by atoms with E-state index in [1.807, 2.05) is 0 Å². The van der Waals surface area contributed by atoms with Crippen molar-refractivity contribution in [1.29, 1.82) is 0 Å². The van der Waals surface area contributed by atoms with E-state index in [0.717, 1.165) is 19.4 Å². The van der Waals surface area contributed by atoms with Crippen molar-refractivity contribution < 1.29 is 0 Å². The Morgan fingerprint density at radius 3 is 1.93 bits per heavy atom. The molecule has 0 aromatic heterocycles. The van der Waals surface area contributed by atoms with Crippen LogP contribution in [0.5, 0.6) is 0 Å². The van der Waals surface area contributed by atoms with Crippen molar-refractivity contribution in [2.75, 3.05) is 0 Å². The molecule has 1 N–H and O–H groups in total. The minimum absolute atomic E-state index is 0.305. The molecule has 0 saturated carbocycles. The van der Waals surface area contributed by atoms with Crippen LogP contribution in [0.2, 0.25) is 0 Å². The van der Waals surface area contributed by atoms with Crippen LogP contribution in [0.3, 0.4) is 0 Å². The molecule has 0 radical (unpaired) electrons. The quantitative estimate of drug-likeness (QED) is 0.441. The van der Waals surface area contributed by atoms with Gasteiger partial charge in [-0.3, -0.25) is 0 Å². The molecule has 138 valence electrons. The minimum atomic E-state index is 0.305. The topological polar surface area (TPSA) is 12.0 Å². The van der Waals surface area contributed by atoms with Crippen LogP contribution in [-0.4, -0.2) is 0 Å². The maximum absolute atomic E-state index is 3.76. The van der Waals surface area contributed by atoms with Crippen LogP contribution in [0.4, 0.5) is 0 Å². The van der Waals surface area contributed by atoms with Gasteiger partial charge in [0.1, 0.15) is 0 Å². The fraction of sp³-hybridized carbons (Fsp3) is 0.231. The van der Waals surface area contributed by atoms with E-state index in [0.29, 0.717) is 12.0 Å². The van der Waals surface area contributed by atoms with Crippen molar-refractivity contribution in [2.24, 2.45) is 5.92 Å². The molecule has 0 amide bonds. The molecule has 0 aliphatic rings. The molecule has 3 aromatic carbocycles. The molecular weight excluding hydrogens is 326 g/mol. The first-order chi connectivity index (χ1) is 13.3. The standard InChI is InChI=1S/C26H29N/c1-22(13-11-12-16-23-14-5-2-6-15-23)26(25-19-9-4-10-20-25)27-21-24-17-7-3-8-18-24/h2-11,13-15,17-20,22,26-27H,12,16,21H2,1H3/b13-11+/t22-,26-/m1/s1. The van der Waals surface area contributed by atoms with Gasteiger partial charge in [0, 0.05) is 12.6 Å². The third kappa shape index (κ3) is 6.23. The lowest BCUT2D eigenvalue weighted by atomic mass is 9.93. The summed E-state index contributed by atoms with van der Waals surface area (Å²) in [7, 11) is 0. The van der Waals surface area contributed by atoms with Crippen LogP contribution in [0.15, 0.2) is 103 Å². The van der Waals surface area contributed by atoms with E-state index in [-0.39, 0.29) is 0 Å². The van der Waals surface area contributed by atoms with E-state index in [1.165, 1.54) is 16.7 Å². The third-order valence-corrected chi connectivity index (χ3v) is 4.94. The summed E-state index contributed by atoms with van der Waals surface area (Å²) in [6, 6.07) is 32.4. The maximum atomic E-state index is 3.76. The Kier molecular flexibility index (Phi) is 7.44. The van der Waals surface area contributed by atoms with Crippen LogP contribution >= 0.6 is 0 Å². The molecule has 0 spiro atoms. The Morgan fingerprint density at radius 2 is 1.30 bits per heavy atom. The number of aryl methyl sites for hydroxylation is 1. The van der Waals surface area contributed by atoms with E-state index in [9.17, 15) is 0 Å². The van der Waals surface area contributed by atoms with E-state index in [1.54, 1.807) is 0 Å². The average molecular weight is 356 g/mol. The lowest BCUT2D eigenvalue weighted by Gasteiger charge is -2.24. The maximum Gasteiger partial charge on any atom is 0.0383 e. The summed E-state index contributed by atoms with van der Waals surface area (Å²) in [4.78, 5) is 0. The van der Waals surface area contributed by atoms with Crippen LogP contribution in [0.25, 0.3) is 0 Å². The summed E-state index contributed by atoms with van der Waals surface area (Å²) in [5.41, 5.74) is 4.06. The van der Waals surface area contributed by atoms with E-state index in [4.69, 9.17) is 0 Å². The lowest BCUT2D eigenvalue weighted by molar-refractivity contribution is 0.442. The summed E-state index contributed by atoms with van der Waals surface area (Å²) in [6.07, 6.45) is 6.86. The van der Waals surface area contributed by atoms with Gasteiger partial charge >= 0.3 is 0 Å². The number of hydrogen-bond acceptors (Lipinski definition) is 1. The zero-order valence-corrected chi connectivity index (χ0v) is 16.1. The summed E-state index contributed by atoms with van der Waals surface area (Å²) >= 11 is 0. The molecular formula is C26H29N. The van der Waals surface area contributed by atoms with Crippen molar-refractivity contribution in [2.45, 2.75) is 32.4 Å². The fourth-order valence-electron chi connectivity index (χ4n) is 3.41. The predicted octanol–water partition coefficient (Wildman–Crippen LogP) is 6.34. The van der Waals surface area contributed by atoms with Crippen LogP contribution in [-0.2, 0) is 13.0 Å². The Hall–Kier alpha value is -2.64. The monoisotopic (exact) mass is 355 g/mol. The average Bonchev–Trinajstić information content (AvgIpc) is 2.74. The van der Waals surface area contributed by atoms with Gasteiger partial charge in [0.25, 0.3) is 0 Å². The largest absolute Gasteiger partial charge is 0.305 e. The van der Waals surface area contributed by atoms with Gasteiger partial charge in [0.15, 0.2) is 0 Å². The second kappa shape index (κ2) is 10.5. The Balaban J connectivity index is 1.61. The SMILES string of the molecule is C[C@H](/C=C/CCc1ccccc1)[C@@H](NCc1ccccc1)c1ccccc1.